The minimum absolute atomic E-state index is 0.278. The van der Waals surface area contributed by atoms with E-state index in [0.29, 0.717) is 39.9 Å². The molecule has 1 saturated heterocycles. The maximum absolute atomic E-state index is 13.7. The van der Waals surface area contributed by atoms with E-state index in [2.05, 4.69) is 35.7 Å². The van der Waals surface area contributed by atoms with Crippen LogP contribution in [0.1, 0.15) is 59.8 Å². The Morgan fingerprint density at radius 3 is 2.11 bits per heavy atom. The largest absolute Gasteiger partial charge is 0.369 e. The third-order valence-electron chi connectivity index (χ3n) is 7.21. The fourth-order valence-corrected chi connectivity index (χ4v) is 7.23. The van der Waals surface area contributed by atoms with Gasteiger partial charge in [0, 0.05) is 24.3 Å². The Kier molecular flexibility index (Phi) is 8.16. The van der Waals surface area contributed by atoms with Crippen LogP contribution in [0.2, 0.25) is 0 Å². The van der Waals surface area contributed by atoms with Gasteiger partial charge in [0.05, 0.1) is 16.3 Å². The number of carbonyl (C=O) groups excluding carboxylic acids is 1. The Bertz CT molecular complexity index is 1400. The van der Waals surface area contributed by atoms with Crippen LogP contribution in [0.25, 0.3) is 0 Å². The lowest BCUT2D eigenvalue weighted by Crippen LogP contribution is -2.39. The molecular weight excluding hydrogens is 494 g/mol. The van der Waals surface area contributed by atoms with Crippen molar-refractivity contribution in [3.8, 4) is 0 Å². The predicted octanol–water partition coefficient (Wildman–Crippen LogP) is 6.71. The smallest absolute Gasteiger partial charge is 0.262 e. The zero-order chi connectivity index (χ0) is 27.6. The molecule has 1 fully saturated rings. The van der Waals surface area contributed by atoms with Gasteiger partial charge in [-0.3, -0.25) is 9.52 Å². The molecule has 0 spiro atoms. The molecule has 3 aromatic rings. The second-order valence-electron chi connectivity index (χ2n) is 10.9. The predicted molar refractivity (Wildman–Crippen MR) is 157 cm³/mol. The van der Waals surface area contributed by atoms with Crippen LogP contribution in [0.5, 0.6) is 0 Å². The number of amides is 1. The van der Waals surface area contributed by atoms with Gasteiger partial charge in [0.1, 0.15) is 0 Å². The highest BCUT2D eigenvalue weighted by atomic mass is 32.2. The minimum Gasteiger partial charge on any atom is -0.369 e. The maximum atomic E-state index is 13.7. The van der Waals surface area contributed by atoms with E-state index in [-0.39, 0.29) is 10.8 Å². The highest BCUT2D eigenvalue weighted by Crippen LogP contribution is 2.35. The van der Waals surface area contributed by atoms with E-state index in [1.165, 1.54) is 5.56 Å². The van der Waals surface area contributed by atoms with Crippen LogP contribution in [0, 0.1) is 32.6 Å². The van der Waals surface area contributed by atoms with Gasteiger partial charge in [-0.15, -0.1) is 0 Å². The SMILES string of the molecule is CCc1ccc(NC(=O)c2ccc(N3C[C@H](C)C[C@H](C)C3)c(NS(=O)(=O)c3c(C)cc(C)cc3C)c2)cc1. The molecule has 2 N–H and O–H groups in total. The first-order valence-corrected chi connectivity index (χ1v) is 14.8. The van der Waals surface area contributed by atoms with Gasteiger partial charge in [-0.2, -0.15) is 0 Å². The fourth-order valence-electron chi connectivity index (χ4n) is 5.71. The zero-order valence-corrected chi connectivity index (χ0v) is 24.1. The molecule has 38 heavy (non-hydrogen) atoms. The van der Waals surface area contributed by atoms with Crippen molar-refractivity contribution in [3.05, 3.63) is 82.4 Å². The molecular formula is C31H39N3O3S. The van der Waals surface area contributed by atoms with Crippen LogP contribution < -0.4 is 14.9 Å². The summed E-state index contributed by atoms with van der Waals surface area (Å²) in [5.41, 5.74) is 5.89. The quantitative estimate of drug-likeness (QED) is 0.354. The van der Waals surface area contributed by atoms with E-state index in [1.54, 1.807) is 12.1 Å². The number of carbonyl (C=O) groups is 1. The van der Waals surface area contributed by atoms with Crippen molar-refractivity contribution in [3.63, 3.8) is 0 Å². The second kappa shape index (κ2) is 11.2. The highest BCUT2D eigenvalue weighted by molar-refractivity contribution is 7.92. The molecule has 4 rings (SSSR count). The molecule has 0 aliphatic carbocycles. The normalized spacial score (nSPS) is 17.8. The van der Waals surface area contributed by atoms with Crippen molar-refractivity contribution in [1.29, 1.82) is 0 Å². The highest BCUT2D eigenvalue weighted by Gasteiger charge is 2.27. The van der Waals surface area contributed by atoms with Gasteiger partial charge in [0.15, 0.2) is 0 Å². The topological polar surface area (TPSA) is 78.5 Å². The molecule has 1 amide bonds. The Morgan fingerprint density at radius 2 is 1.53 bits per heavy atom. The van der Waals surface area contributed by atoms with Crippen LogP contribution in [0.15, 0.2) is 59.5 Å². The summed E-state index contributed by atoms with van der Waals surface area (Å²) >= 11 is 0. The number of hydrogen-bond acceptors (Lipinski definition) is 4. The van der Waals surface area contributed by atoms with E-state index < -0.39 is 10.0 Å². The van der Waals surface area contributed by atoms with E-state index in [9.17, 15) is 13.2 Å². The Labute approximate surface area is 227 Å². The summed E-state index contributed by atoms with van der Waals surface area (Å²) in [7, 11) is -3.90. The van der Waals surface area contributed by atoms with Crippen molar-refractivity contribution in [1.82, 2.24) is 0 Å². The monoisotopic (exact) mass is 533 g/mol. The van der Waals surface area contributed by atoms with Crippen molar-refractivity contribution in [2.45, 2.75) is 59.3 Å². The summed E-state index contributed by atoms with van der Waals surface area (Å²) in [5, 5.41) is 2.94. The van der Waals surface area contributed by atoms with Crippen LogP contribution >= 0.6 is 0 Å². The Balaban J connectivity index is 1.72. The van der Waals surface area contributed by atoms with Gasteiger partial charge in [-0.25, -0.2) is 8.42 Å². The molecule has 2 atom stereocenters. The third-order valence-corrected chi connectivity index (χ3v) is 8.88. The zero-order valence-electron chi connectivity index (χ0n) is 23.3. The van der Waals surface area contributed by atoms with Gasteiger partial charge in [0.2, 0.25) is 0 Å². The average molecular weight is 534 g/mol. The van der Waals surface area contributed by atoms with E-state index >= 15 is 0 Å². The Morgan fingerprint density at radius 1 is 0.921 bits per heavy atom. The molecule has 202 valence electrons. The summed E-state index contributed by atoms with van der Waals surface area (Å²) < 4.78 is 30.3. The van der Waals surface area contributed by atoms with Crippen molar-refractivity contribution in [2.24, 2.45) is 11.8 Å². The van der Waals surface area contributed by atoms with E-state index in [4.69, 9.17) is 0 Å². The number of rotatable bonds is 7. The number of nitrogens with one attached hydrogen (secondary N) is 2. The standard InChI is InChI=1S/C31H39N3O3S/c1-7-25-8-11-27(12-9-25)32-31(35)26-10-13-29(34-18-21(3)14-22(4)19-34)28(17-26)33-38(36,37)30-23(5)15-20(2)16-24(30)6/h8-13,15-17,21-22,33H,7,14,18-19H2,1-6H3,(H,32,35)/t21-,22+. The number of anilines is 3. The Hall–Kier alpha value is -3.32. The number of nitrogens with zero attached hydrogens (tertiary/aromatic N) is 1. The van der Waals surface area contributed by atoms with Crippen LogP contribution in [0.4, 0.5) is 17.1 Å². The molecule has 6 nitrogen and oxygen atoms in total. The first-order valence-electron chi connectivity index (χ1n) is 13.4. The molecule has 0 aromatic heterocycles. The summed E-state index contributed by atoms with van der Waals surface area (Å²) in [6.07, 6.45) is 2.06. The summed E-state index contributed by atoms with van der Waals surface area (Å²) in [4.78, 5) is 15.7. The number of hydrogen-bond donors (Lipinski definition) is 2. The van der Waals surface area contributed by atoms with Gasteiger partial charge < -0.3 is 10.2 Å². The number of benzene rings is 3. The summed E-state index contributed by atoms with van der Waals surface area (Å²) in [6.45, 7) is 13.8. The molecule has 1 aliphatic rings. The molecule has 0 saturated carbocycles. The second-order valence-corrected chi connectivity index (χ2v) is 12.5. The van der Waals surface area contributed by atoms with Gasteiger partial charge >= 0.3 is 0 Å². The molecule has 0 bridgehead atoms. The molecule has 3 aromatic carbocycles. The number of sulfonamides is 1. The van der Waals surface area contributed by atoms with Crippen LogP contribution in [-0.4, -0.2) is 27.4 Å². The molecule has 1 aliphatic heterocycles. The first kappa shape index (κ1) is 27.7. The number of aryl methyl sites for hydroxylation is 4. The molecule has 0 unspecified atom stereocenters. The van der Waals surface area contributed by atoms with Crippen molar-refractivity contribution >= 4 is 33.0 Å². The van der Waals surface area contributed by atoms with E-state index in [1.807, 2.05) is 63.2 Å². The van der Waals surface area contributed by atoms with Crippen LogP contribution in [-0.2, 0) is 16.4 Å². The fraction of sp³-hybridized carbons (Fsp3) is 0.387. The molecule has 1 heterocycles. The lowest BCUT2D eigenvalue weighted by atomic mass is 9.91. The third kappa shape index (κ3) is 6.21. The lowest BCUT2D eigenvalue weighted by molar-refractivity contribution is 0.102. The lowest BCUT2D eigenvalue weighted by Gasteiger charge is -2.37. The number of piperidine rings is 1. The van der Waals surface area contributed by atoms with Gasteiger partial charge in [-0.1, -0.05) is 50.6 Å². The van der Waals surface area contributed by atoms with Crippen molar-refractivity contribution in [2.75, 3.05) is 28.0 Å². The minimum atomic E-state index is -3.90. The summed E-state index contributed by atoms with van der Waals surface area (Å²) in [5.74, 6) is 0.682. The van der Waals surface area contributed by atoms with E-state index in [0.717, 1.165) is 37.2 Å². The summed E-state index contributed by atoms with van der Waals surface area (Å²) in [6, 6.07) is 16.8. The van der Waals surface area contributed by atoms with Gasteiger partial charge in [0.25, 0.3) is 15.9 Å². The average Bonchev–Trinajstić information content (AvgIpc) is 2.82. The van der Waals surface area contributed by atoms with Crippen LogP contribution in [0.3, 0.4) is 0 Å². The maximum Gasteiger partial charge on any atom is 0.262 e. The van der Waals surface area contributed by atoms with Gasteiger partial charge in [-0.05, 0) is 92.5 Å². The van der Waals surface area contributed by atoms with Crippen molar-refractivity contribution < 1.29 is 13.2 Å². The first-order chi connectivity index (χ1) is 18.0. The molecule has 7 heteroatoms. The molecule has 0 radical (unpaired) electrons.